The van der Waals surface area contributed by atoms with Gasteiger partial charge < -0.3 is 29.9 Å². The molecule has 0 aromatic heterocycles. The highest BCUT2D eigenvalue weighted by Crippen LogP contribution is 2.17. The number of methoxy groups -OCH3 is 2. The first-order chi connectivity index (χ1) is 15.1. The van der Waals surface area contributed by atoms with Gasteiger partial charge in [0.25, 0.3) is 0 Å². The Morgan fingerprint density at radius 1 is 0.844 bits per heavy atom. The first-order valence-corrected chi connectivity index (χ1v) is 8.99. The van der Waals surface area contributed by atoms with Crippen LogP contribution in [0.25, 0.3) is 6.08 Å². The third kappa shape index (κ3) is 8.19. The predicted octanol–water partition coefficient (Wildman–Crippen LogP) is 1.84. The van der Waals surface area contributed by atoms with Gasteiger partial charge in [-0.25, -0.2) is 9.59 Å². The van der Waals surface area contributed by atoms with Crippen molar-refractivity contribution >= 4 is 30.0 Å². The van der Waals surface area contributed by atoms with Crippen LogP contribution in [-0.2, 0) is 35.1 Å². The third-order valence-corrected chi connectivity index (χ3v) is 3.96. The number of phenols is 2. The number of carboxylic acid groups (broad SMARTS) is 2. The van der Waals surface area contributed by atoms with E-state index in [1.807, 2.05) is 0 Å². The number of carbonyl (C=O) groups excluding carboxylic acids is 2. The van der Waals surface area contributed by atoms with Gasteiger partial charge in [0.15, 0.2) is 5.92 Å². The minimum absolute atomic E-state index is 0.0566. The van der Waals surface area contributed by atoms with Gasteiger partial charge >= 0.3 is 23.9 Å². The van der Waals surface area contributed by atoms with Crippen LogP contribution in [0.3, 0.4) is 0 Å². The van der Waals surface area contributed by atoms with Crippen LogP contribution in [0, 0.1) is 5.92 Å². The number of carbonyl (C=O) groups is 4. The number of hydrogen-bond donors (Lipinski definition) is 4. The van der Waals surface area contributed by atoms with E-state index in [4.69, 9.17) is 15.3 Å². The van der Waals surface area contributed by atoms with E-state index in [1.165, 1.54) is 50.6 Å². The fraction of sp³-hybridized carbons (Fsp3) is 0.182. The summed E-state index contributed by atoms with van der Waals surface area (Å²) in [6, 6.07) is 12.0. The molecule has 0 amide bonds. The van der Waals surface area contributed by atoms with Crippen LogP contribution in [0.1, 0.15) is 11.1 Å². The lowest BCUT2D eigenvalue weighted by molar-refractivity contribution is -0.158. The van der Waals surface area contributed by atoms with Gasteiger partial charge in [-0.2, -0.15) is 0 Å². The zero-order valence-electron chi connectivity index (χ0n) is 17.2. The van der Waals surface area contributed by atoms with E-state index < -0.39 is 35.4 Å². The number of benzene rings is 2. The summed E-state index contributed by atoms with van der Waals surface area (Å²) in [6.07, 6.45) is 1.11. The Kier molecular flexibility index (Phi) is 9.94. The van der Waals surface area contributed by atoms with Gasteiger partial charge in [-0.1, -0.05) is 24.3 Å². The number of carboxylic acids is 2. The van der Waals surface area contributed by atoms with Crippen LogP contribution in [0.5, 0.6) is 11.5 Å². The monoisotopic (exact) mass is 446 g/mol. The van der Waals surface area contributed by atoms with Gasteiger partial charge in [0.2, 0.25) is 0 Å². The standard InChI is InChI=1S/C12H14O5.C10H8O5/c1-16-11(14)10(12(15)17-2)7-8-4-3-5-9(13)6-8;11-7-3-1-2-6(4-7)5-8(9(12)13)10(14)15/h3-6,10,13H,7H2,1-2H3;1-5,11H,(H,12,13)(H,14,15). The van der Waals surface area contributed by atoms with Crippen LogP contribution in [0.2, 0.25) is 0 Å². The van der Waals surface area contributed by atoms with E-state index in [-0.39, 0.29) is 17.9 Å². The van der Waals surface area contributed by atoms with Gasteiger partial charge in [0.05, 0.1) is 14.2 Å². The molecule has 10 nitrogen and oxygen atoms in total. The number of rotatable bonds is 7. The Bertz CT molecular complexity index is 977. The lowest BCUT2D eigenvalue weighted by Crippen LogP contribution is -2.28. The highest BCUT2D eigenvalue weighted by Gasteiger charge is 2.28. The molecule has 4 N–H and O–H groups in total. The second kappa shape index (κ2) is 12.4. The number of ether oxygens (including phenoxy) is 2. The van der Waals surface area contributed by atoms with Crippen molar-refractivity contribution in [3.8, 4) is 11.5 Å². The minimum Gasteiger partial charge on any atom is -0.508 e. The van der Waals surface area contributed by atoms with Crippen molar-refractivity contribution in [2.45, 2.75) is 6.42 Å². The van der Waals surface area contributed by atoms with Gasteiger partial charge in [-0.05, 0) is 47.9 Å². The van der Waals surface area contributed by atoms with Crippen molar-refractivity contribution < 1.29 is 49.1 Å². The molecule has 0 spiro atoms. The normalized spacial score (nSPS) is 9.72. The molecule has 170 valence electrons. The average Bonchev–Trinajstić information content (AvgIpc) is 2.75. The Morgan fingerprint density at radius 2 is 1.34 bits per heavy atom. The van der Waals surface area contributed by atoms with Crippen LogP contribution in [0.15, 0.2) is 54.1 Å². The summed E-state index contributed by atoms with van der Waals surface area (Å²) in [7, 11) is 2.42. The van der Waals surface area contributed by atoms with E-state index in [0.717, 1.165) is 6.08 Å². The van der Waals surface area contributed by atoms with Crippen LogP contribution in [-0.4, -0.2) is 58.5 Å². The van der Waals surface area contributed by atoms with E-state index in [9.17, 15) is 24.3 Å². The topological polar surface area (TPSA) is 168 Å². The molecule has 0 bridgehead atoms. The largest absolute Gasteiger partial charge is 0.508 e. The van der Waals surface area contributed by atoms with Gasteiger partial charge in [-0.3, -0.25) is 9.59 Å². The zero-order chi connectivity index (χ0) is 24.3. The summed E-state index contributed by atoms with van der Waals surface area (Å²) in [5.74, 6) is -5.33. The summed E-state index contributed by atoms with van der Waals surface area (Å²) < 4.78 is 9.07. The summed E-state index contributed by atoms with van der Waals surface area (Å²) in [6.45, 7) is 0. The summed E-state index contributed by atoms with van der Waals surface area (Å²) >= 11 is 0. The highest BCUT2D eigenvalue weighted by atomic mass is 16.5. The highest BCUT2D eigenvalue weighted by molar-refractivity contribution is 6.16. The minimum atomic E-state index is -1.52. The molecule has 2 aromatic carbocycles. The second-order valence-electron chi connectivity index (χ2n) is 6.24. The quantitative estimate of drug-likeness (QED) is 0.213. The van der Waals surface area contributed by atoms with Gasteiger partial charge in [-0.15, -0.1) is 0 Å². The first-order valence-electron chi connectivity index (χ1n) is 8.99. The van der Waals surface area contributed by atoms with Crippen molar-refractivity contribution in [1.29, 1.82) is 0 Å². The maximum Gasteiger partial charge on any atom is 0.343 e. The van der Waals surface area contributed by atoms with Crippen molar-refractivity contribution in [3.05, 3.63) is 65.2 Å². The van der Waals surface area contributed by atoms with Gasteiger partial charge in [0, 0.05) is 0 Å². The Labute approximate surface area is 183 Å². The smallest absolute Gasteiger partial charge is 0.343 e. The lowest BCUT2D eigenvalue weighted by Gasteiger charge is -2.12. The molecule has 10 heteroatoms. The summed E-state index contributed by atoms with van der Waals surface area (Å²) in [5, 5.41) is 35.5. The summed E-state index contributed by atoms with van der Waals surface area (Å²) in [5.41, 5.74) is 0.223. The molecule has 0 aliphatic heterocycles. The third-order valence-electron chi connectivity index (χ3n) is 3.96. The average molecular weight is 446 g/mol. The second-order valence-corrected chi connectivity index (χ2v) is 6.24. The maximum atomic E-state index is 11.4. The van der Waals surface area contributed by atoms with E-state index >= 15 is 0 Å². The van der Waals surface area contributed by atoms with E-state index in [0.29, 0.717) is 11.1 Å². The molecule has 0 heterocycles. The molecule has 0 saturated heterocycles. The molecule has 0 aliphatic carbocycles. The number of hydrogen-bond acceptors (Lipinski definition) is 8. The first kappa shape index (κ1) is 25.7. The zero-order valence-corrected chi connectivity index (χ0v) is 17.2. The van der Waals surface area contributed by atoms with Crippen molar-refractivity contribution in [2.75, 3.05) is 14.2 Å². The van der Waals surface area contributed by atoms with Crippen LogP contribution < -0.4 is 0 Å². The molecule has 0 unspecified atom stereocenters. The Morgan fingerprint density at radius 3 is 1.78 bits per heavy atom. The van der Waals surface area contributed by atoms with Crippen molar-refractivity contribution in [2.24, 2.45) is 5.92 Å². The lowest BCUT2D eigenvalue weighted by atomic mass is 9.99. The van der Waals surface area contributed by atoms with Crippen LogP contribution >= 0.6 is 0 Å². The molecule has 0 fully saturated rings. The molecular formula is C22H22O10. The molecule has 0 atom stereocenters. The SMILES string of the molecule is COC(=O)C(Cc1cccc(O)c1)C(=O)OC.O=C(O)C(=Cc1cccc(O)c1)C(=O)O. The van der Waals surface area contributed by atoms with Crippen LogP contribution in [0.4, 0.5) is 0 Å². The fourth-order valence-corrected chi connectivity index (χ4v) is 2.46. The van der Waals surface area contributed by atoms with Crippen molar-refractivity contribution in [1.82, 2.24) is 0 Å². The fourth-order valence-electron chi connectivity index (χ4n) is 2.46. The number of phenolic OH excluding ortho intramolecular Hbond substituents is 2. The molecule has 2 rings (SSSR count). The van der Waals surface area contributed by atoms with E-state index in [1.54, 1.807) is 12.1 Å². The number of aliphatic carboxylic acids is 2. The molecule has 0 saturated carbocycles. The number of aromatic hydroxyl groups is 2. The van der Waals surface area contributed by atoms with Gasteiger partial charge in [0.1, 0.15) is 17.1 Å². The van der Waals surface area contributed by atoms with E-state index in [2.05, 4.69) is 9.47 Å². The predicted molar refractivity (Wildman–Crippen MR) is 111 cm³/mol. The molecule has 2 aromatic rings. The maximum absolute atomic E-state index is 11.4. The molecular weight excluding hydrogens is 424 g/mol. The summed E-state index contributed by atoms with van der Waals surface area (Å²) in [4.78, 5) is 43.9. The Balaban J connectivity index is 0.000000323. The molecule has 0 radical (unpaired) electrons. The van der Waals surface area contributed by atoms with Crippen molar-refractivity contribution in [3.63, 3.8) is 0 Å². The molecule has 32 heavy (non-hydrogen) atoms. The Hall–Kier alpha value is -4.34. The number of esters is 2. The molecule has 0 aliphatic rings.